The third-order valence-electron chi connectivity index (χ3n) is 2.78. The van der Waals surface area contributed by atoms with E-state index in [9.17, 15) is 13.2 Å². The molecule has 0 aromatic heterocycles. The van der Waals surface area contributed by atoms with E-state index in [1.807, 2.05) is 6.92 Å². The van der Waals surface area contributed by atoms with Crippen LogP contribution in [0.2, 0.25) is 0 Å². The summed E-state index contributed by atoms with van der Waals surface area (Å²) in [4.78, 5) is 0. The van der Waals surface area contributed by atoms with E-state index in [0.29, 0.717) is 11.6 Å². The summed E-state index contributed by atoms with van der Waals surface area (Å²) < 4.78 is 37.5. The molecule has 0 bridgehead atoms. The number of rotatable bonds is 3. The molecule has 96 valence electrons. The van der Waals surface area contributed by atoms with Crippen LogP contribution in [0.15, 0.2) is 24.3 Å². The van der Waals surface area contributed by atoms with E-state index in [1.54, 1.807) is 6.07 Å². The Morgan fingerprint density at radius 1 is 1.29 bits per heavy atom. The van der Waals surface area contributed by atoms with E-state index in [1.165, 1.54) is 12.1 Å². The van der Waals surface area contributed by atoms with Gasteiger partial charge in [0, 0.05) is 12.1 Å². The number of halogens is 4. The summed E-state index contributed by atoms with van der Waals surface area (Å²) in [5.74, 6) is 0. The van der Waals surface area contributed by atoms with Gasteiger partial charge >= 0.3 is 6.18 Å². The van der Waals surface area contributed by atoms with Gasteiger partial charge in [0.2, 0.25) is 0 Å². The predicted molar refractivity (Wildman–Crippen MR) is 63.3 cm³/mol. The van der Waals surface area contributed by atoms with Crippen LogP contribution in [0.5, 0.6) is 0 Å². The third kappa shape index (κ3) is 3.89. The van der Waals surface area contributed by atoms with Crippen molar-refractivity contribution < 1.29 is 13.2 Å². The zero-order valence-electron chi connectivity index (χ0n) is 9.42. The van der Waals surface area contributed by atoms with Crippen LogP contribution in [0.25, 0.3) is 0 Å². The molecule has 1 N–H and O–H groups in total. The van der Waals surface area contributed by atoms with Crippen LogP contribution in [-0.4, -0.2) is 6.04 Å². The highest BCUT2D eigenvalue weighted by molar-refractivity contribution is 5.85. The van der Waals surface area contributed by atoms with Gasteiger partial charge in [-0.25, -0.2) is 0 Å². The van der Waals surface area contributed by atoms with Gasteiger partial charge in [0.05, 0.1) is 5.56 Å². The molecule has 1 saturated carbocycles. The summed E-state index contributed by atoms with van der Waals surface area (Å²) in [5.41, 5.74) is 0.121. The lowest BCUT2D eigenvalue weighted by atomic mass is 10.0. The van der Waals surface area contributed by atoms with E-state index in [2.05, 4.69) is 5.32 Å². The van der Waals surface area contributed by atoms with Gasteiger partial charge in [-0.05, 0) is 37.5 Å². The SMILES string of the molecule is CC(NC1CC1)c1cccc(C(F)(F)F)c1.Cl. The smallest absolute Gasteiger partial charge is 0.307 e. The van der Waals surface area contributed by atoms with Gasteiger partial charge in [-0.3, -0.25) is 0 Å². The van der Waals surface area contributed by atoms with Gasteiger partial charge in [0.15, 0.2) is 0 Å². The van der Waals surface area contributed by atoms with E-state index in [4.69, 9.17) is 0 Å². The van der Waals surface area contributed by atoms with Crippen molar-refractivity contribution in [3.8, 4) is 0 Å². The Bertz CT molecular complexity index is 374. The van der Waals surface area contributed by atoms with Crippen molar-refractivity contribution >= 4 is 12.4 Å². The Morgan fingerprint density at radius 3 is 2.47 bits per heavy atom. The molecule has 0 saturated heterocycles. The Labute approximate surface area is 105 Å². The monoisotopic (exact) mass is 265 g/mol. The molecule has 0 heterocycles. The van der Waals surface area contributed by atoms with Gasteiger partial charge in [-0.1, -0.05) is 12.1 Å². The Balaban J connectivity index is 0.00000144. The molecule has 0 aliphatic heterocycles. The fourth-order valence-corrected chi connectivity index (χ4v) is 1.68. The highest BCUT2D eigenvalue weighted by atomic mass is 35.5. The highest BCUT2D eigenvalue weighted by Gasteiger charge is 2.31. The summed E-state index contributed by atoms with van der Waals surface area (Å²) in [6, 6.07) is 5.99. The summed E-state index contributed by atoms with van der Waals surface area (Å²) in [6.07, 6.45) is -2.00. The molecule has 17 heavy (non-hydrogen) atoms. The molecule has 0 radical (unpaired) electrons. The minimum atomic E-state index is -4.25. The largest absolute Gasteiger partial charge is 0.416 e. The molecule has 5 heteroatoms. The third-order valence-corrected chi connectivity index (χ3v) is 2.78. The van der Waals surface area contributed by atoms with E-state index >= 15 is 0 Å². The molecular formula is C12H15ClF3N. The second kappa shape index (κ2) is 5.27. The van der Waals surface area contributed by atoms with Crippen LogP contribution >= 0.6 is 12.4 Å². The quantitative estimate of drug-likeness (QED) is 0.873. The molecule has 1 aromatic carbocycles. The van der Waals surface area contributed by atoms with E-state index < -0.39 is 11.7 Å². The molecule has 0 amide bonds. The minimum Gasteiger partial charge on any atom is -0.307 e. The maximum Gasteiger partial charge on any atom is 0.416 e. The maximum atomic E-state index is 12.5. The van der Waals surface area contributed by atoms with Crippen LogP contribution in [0.1, 0.15) is 36.9 Å². The van der Waals surface area contributed by atoms with Crippen LogP contribution in [-0.2, 0) is 6.18 Å². The molecule has 1 nitrogen and oxygen atoms in total. The predicted octanol–water partition coefficient (Wildman–Crippen LogP) is 3.94. The van der Waals surface area contributed by atoms with Gasteiger partial charge in [-0.15, -0.1) is 12.4 Å². The molecule has 2 rings (SSSR count). The van der Waals surface area contributed by atoms with Crippen molar-refractivity contribution in [3.63, 3.8) is 0 Å². The number of benzene rings is 1. The zero-order valence-corrected chi connectivity index (χ0v) is 10.2. The summed E-state index contributed by atoms with van der Waals surface area (Å²) in [6.45, 7) is 1.90. The Kier molecular flexibility index (Phi) is 4.44. The lowest BCUT2D eigenvalue weighted by molar-refractivity contribution is -0.137. The maximum absolute atomic E-state index is 12.5. The van der Waals surface area contributed by atoms with Gasteiger partial charge in [0.1, 0.15) is 0 Å². The molecular weight excluding hydrogens is 251 g/mol. The molecule has 0 spiro atoms. The van der Waals surface area contributed by atoms with Crippen LogP contribution in [0, 0.1) is 0 Å². The van der Waals surface area contributed by atoms with Crippen molar-refractivity contribution in [1.82, 2.24) is 5.32 Å². The second-order valence-corrected chi connectivity index (χ2v) is 4.29. The average Bonchev–Trinajstić information content (AvgIpc) is 3.00. The van der Waals surface area contributed by atoms with Gasteiger partial charge in [-0.2, -0.15) is 13.2 Å². The summed E-state index contributed by atoms with van der Waals surface area (Å²) >= 11 is 0. The second-order valence-electron chi connectivity index (χ2n) is 4.29. The van der Waals surface area contributed by atoms with Crippen LogP contribution in [0.3, 0.4) is 0 Å². The molecule has 1 unspecified atom stereocenters. The van der Waals surface area contributed by atoms with Gasteiger partial charge in [0.25, 0.3) is 0 Å². The Hall–Kier alpha value is -0.740. The first-order valence-electron chi connectivity index (χ1n) is 5.40. The molecule has 1 fully saturated rings. The van der Waals surface area contributed by atoms with Crippen molar-refractivity contribution in [2.75, 3.05) is 0 Å². The van der Waals surface area contributed by atoms with Crippen LogP contribution < -0.4 is 5.32 Å². The molecule has 1 atom stereocenters. The van der Waals surface area contributed by atoms with Crippen molar-refractivity contribution in [2.24, 2.45) is 0 Å². The number of hydrogen-bond acceptors (Lipinski definition) is 1. The summed E-state index contributed by atoms with van der Waals surface area (Å²) in [5, 5.41) is 3.28. The van der Waals surface area contributed by atoms with Crippen LogP contribution in [0.4, 0.5) is 13.2 Å². The highest BCUT2D eigenvalue weighted by Crippen LogP contribution is 2.31. The number of alkyl halides is 3. The number of nitrogens with one attached hydrogen (secondary N) is 1. The fourth-order valence-electron chi connectivity index (χ4n) is 1.68. The lowest BCUT2D eigenvalue weighted by Crippen LogP contribution is -2.21. The standard InChI is InChI=1S/C12H14F3N.ClH/c1-8(16-11-5-6-11)9-3-2-4-10(7-9)12(13,14)15;/h2-4,7-8,11,16H,5-6H2,1H3;1H. The molecule has 1 aliphatic carbocycles. The van der Waals surface area contributed by atoms with Crippen molar-refractivity contribution in [1.29, 1.82) is 0 Å². The zero-order chi connectivity index (χ0) is 11.8. The van der Waals surface area contributed by atoms with Gasteiger partial charge < -0.3 is 5.32 Å². The lowest BCUT2D eigenvalue weighted by Gasteiger charge is -2.15. The Morgan fingerprint density at radius 2 is 1.94 bits per heavy atom. The van der Waals surface area contributed by atoms with E-state index in [-0.39, 0.29) is 18.4 Å². The molecule has 1 aliphatic rings. The minimum absolute atomic E-state index is 0. The van der Waals surface area contributed by atoms with E-state index in [0.717, 1.165) is 18.9 Å². The molecule has 1 aromatic rings. The summed E-state index contributed by atoms with van der Waals surface area (Å²) in [7, 11) is 0. The first kappa shape index (κ1) is 14.3. The average molecular weight is 266 g/mol. The first-order valence-corrected chi connectivity index (χ1v) is 5.40. The number of hydrogen-bond donors (Lipinski definition) is 1. The topological polar surface area (TPSA) is 12.0 Å². The fraction of sp³-hybridized carbons (Fsp3) is 0.500. The first-order chi connectivity index (χ1) is 7.47. The van der Waals surface area contributed by atoms with Crippen molar-refractivity contribution in [3.05, 3.63) is 35.4 Å². The van der Waals surface area contributed by atoms with Crippen molar-refractivity contribution in [2.45, 2.75) is 38.0 Å². The normalized spacial score (nSPS) is 17.4.